The summed E-state index contributed by atoms with van der Waals surface area (Å²) in [6, 6.07) is 0. The zero-order valence-electron chi connectivity index (χ0n) is 4.96. The summed E-state index contributed by atoms with van der Waals surface area (Å²) < 4.78 is 25.3. The van der Waals surface area contributed by atoms with Gasteiger partial charge in [0.1, 0.15) is 0 Å². The van der Waals surface area contributed by atoms with Gasteiger partial charge in [0.2, 0.25) is 0 Å². The van der Waals surface area contributed by atoms with Crippen LogP contribution in [0.25, 0.3) is 0 Å². The molecule has 0 saturated carbocycles. The first-order valence-corrected chi connectivity index (χ1v) is 5.40. The van der Waals surface area contributed by atoms with Gasteiger partial charge in [0.15, 0.2) is 0 Å². The molecule has 0 radical (unpaired) electrons. The van der Waals surface area contributed by atoms with E-state index in [9.17, 15) is 0 Å². The molecule has 0 spiro atoms. The molecule has 0 atom stereocenters. The molecular weight excluding hydrogens is 208 g/mol. The van der Waals surface area contributed by atoms with Gasteiger partial charge in [0.25, 0.3) is 0 Å². The van der Waals surface area contributed by atoms with Crippen molar-refractivity contribution >= 4 is 26.8 Å². The van der Waals surface area contributed by atoms with Crippen LogP contribution in [0.2, 0.25) is 0 Å². The molecule has 0 heterocycles. The third kappa shape index (κ3) is 8.71. The van der Waals surface area contributed by atoms with Crippen LogP contribution < -0.4 is 0 Å². The predicted molar refractivity (Wildman–Crippen MR) is 43.4 cm³/mol. The van der Waals surface area contributed by atoms with Crippen LogP contribution in [0.4, 0.5) is 0 Å². The van der Waals surface area contributed by atoms with Crippen LogP contribution >= 0.6 is 26.8 Å². The summed E-state index contributed by atoms with van der Waals surface area (Å²) >= 11 is 3.18. The number of rotatable bonds is 4. The Morgan fingerprint density at radius 3 is 2.00 bits per heavy atom. The predicted octanol–water partition coefficient (Wildman–Crippen LogP) is 2.39. The quantitative estimate of drug-likeness (QED) is 0.502. The standard InChI is InChI=1S/C4H11BrO3S/c5-3-1-2-4-9(6,7)8/h6-8H,1-4H2. The molecule has 0 aromatic heterocycles. The van der Waals surface area contributed by atoms with Crippen molar-refractivity contribution < 1.29 is 13.7 Å². The molecule has 0 saturated heterocycles. The molecule has 9 heavy (non-hydrogen) atoms. The van der Waals surface area contributed by atoms with E-state index < -0.39 is 10.9 Å². The molecule has 0 aliphatic rings. The summed E-state index contributed by atoms with van der Waals surface area (Å²) in [6.07, 6.45) is 1.50. The maximum absolute atomic E-state index is 8.42. The van der Waals surface area contributed by atoms with Crippen LogP contribution in [0.5, 0.6) is 0 Å². The number of alkyl halides is 1. The minimum Gasteiger partial charge on any atom is -0.308 e. The Bertz CT molecular complexity index is 72.7. The van der Waals surface area contributed by atoms with Crippen molar-refractivity contribution in [1.82, 2.24) is 0 Å². The third-order valence-corrected chi connectivity index (χ3v) is 2.20. The first-order valence-electron chi connectivity index (χ1n) is 2.60. The van der Waals surface area contributed by atoms with E-state index in [-0.39, 0.29) is 5.75 Å². The lowest BCUT2D eigenvalue weighted by Gasteiger charge is -2.17. The van der Waals surface area contributed by atoms with Crippen molar-refractivity contribution in [2.75, 3.05) is 11.1 Å². The molecule has 0 aromatic rings. The van der Waals surface area contributed by atoms with Crippen molar-refractivity contribution in [3.8, 4) is 0 Å². The monoisotopic (exact) mass is 218 g/mol. The van der Waals surface area contributed by atoms with Crippen LogP contribution in [-0.2, 0) is 0 Å². The lowest BCUT2D eigenvalue weighted by Crippen LogP contribution is -2.00. The first kappa shape index (κ1) is 9.71. The number of hydrogen-bond acceptors (Lipinski definition) is 3. The molecule has 0 amide bonds. The molecule has 0 aliphatic carbocycles. The Morgan fingerprint density at radius 2 is 1.67 bits per heavy atom. The maximum atomic E-state index is 8.42. The fraction of sp³-hybridized carbons (Fsp3) is 1.00. The molecule has 0 aromatic carbocycles. The summed E-state index contributed by atoms with van der Waals surface area (Å²) in [5.41, 5.74) is 0. The first-order chi connectivity index (χ1) is 4.06. The summed E-state index contributed by atoms with van der Waals surface area (Å²) in [6.45, 7) is 0. The smallest absolute Gasteiger partial charge is 0.0810 e. The number of halogens is 1. The minimum atomic E-state index is -3.22. The third-order valence-electron chi connectivity index (χ3n) is 0.802. The average Bonchev–Trinajstić information content (AvgIpc) is 1.63. The zero-order valence-corrected chi connectivity index (χ0v) is 7.36. The van der Waals surface area contributed by atoms with Crippen LogP contribution in [0.3, 0.4) is 0 Å². The van der Waals surface area contributed by atoms with Crippen molar-refractivity contribution in [3.63, 3.8) is 0 Å². The second-order valence-electron chi connectivity index (χ2n) is 1.73. The van der Waals surface area contributed by atoms with Crippen LogP contribution in [0, 0.1) is 0 Å². The fourth-order valence-electron chi connectivity index (χ4n) is 0.390. The highest BCUT2D eigenvalue weighted by atomic mass is 79.9. The Kier molecular flexibility index (Phi) is 4.87. The van der Waals surface area contributed by atoms with Crippen LogP contribution in [-0.4, -0.2) is 24.7 Å². The number of unbranched alkanes of at least 4 members (excludes halogenated alkanes) is 1. The van der Waals surface area contributed by atoms with E-state index >= 15 is 0 Å². The SMILES string of the molecule is OS(O)(O)CCCCBr. The highest BCUT2D eigenvalue weighted by molar-refractivity contribution is 9.09. The average molecular weight is 219 g/mol. The highest BCUT2D eigenvalue weighted by Gasteiger charge is 2.08. The number of hydrogen-bond donors (Lipinski definition) is 3. The van der Waals surface area contributed by atoms with Crippen molar-refractivity contribution in [3.05, 3.63) is 0 Å². The molecule has 5 heteroatoms. The molecule has 0 unspecified atom stereocenters. The van der Waals surface area contributed by atoms with Crippen molar-refractivity contribution in [1.29, 1.82) is 0 Å². The minimum absolute atomic E-state index is 0.0958. The van der Waals surface area contributed by atoms with E-state index in [4.69, 9.17) is 13.7 Å². The van der Waals surface area contributed by atoms with E-state index in [2.05, 4.69) is 15.9 Å². The van der Waals surface area contributed by atoms with Crippen LogP contribution in [0.15, 0.2) is 0 Å². The molecule has 3 nitrogen and oxygen atoms in total. The van der Waals surface area contributed by atoms with E-state index in [0.29, 0.717) is 6.42 Å². The molecule has 0 bridgehead atoms. The summed E-state index contributed by atoms with van der Waals surface area (Å²) in [4.78, 5) is 0. The van der Waals surface area contributed by atoms with Gasteiger partial charge in [-0.15, -0.1) is 0 Å². The Balaban J connectivity index is 3.07. The molecule has 0 fully saturated rings. The summed E-state index contributed by atoms with van der Waals surface area (Å²) in [5.74, 6) is 0.0958. The van der Waals surface area contributed by atoms with Gasteiger partial charge in [-0.3, -0.25) is 0 Å². The van der Waals surface area contributed by atoms with Gasteiger partial charge < -0.3 is 13.7 Å². The Labute approximate surface area is 64.8 Å². The summed E-state index contributed by atoms with van der Waals surface area (Å²) in [7, 11) is -3.22. The molecular formula is C4H11BrO3S. The zero-order chi connectivity index (χ0) is 7.33. The van der Waals surface area contributed by atoms with Crippen LogP contribution in [0.1, 0.15) is 12.8 Å². The van der Waals surface area contributed by atoms with Gasteiger partial charge in [-0.25, -0.2) is 0 Å². The normalized spacial score (nSPS) is 13.8. The van der Waals surface area contributed by atoms with E-state index in [1.807, 2.05) is 0 Å². The van der Waals surface area contributed by atoms with E-state index in [0.717, 1.165) is 11.8 Å². The second kappa shape index (κ2) is 4.51. The fourth-order valence-corrected chi connectivity index (χ4v) is 1.38. The van der Waals surface area contributed by atoms with Crippen molar-refractivity contribution in [2.45, 2.75) is 12.8 Å². The topological polar surface area (TPSA) is 60.7 Å². The molecule has 0 rings (SSSR count). The van der Waals surface area contributed by atoms with Gasteiger partial charge >= 0.3 is 0 Å². The molecule has 3 N–H and O–H groups in total. The van der Waals surface area contributed by atoms with Gasteiger partial charge in [-0.05, 0) is 12.8 Å². The lowest BCUT2D eigenvalue weighted by atomic mass is 10.4. The Hall–Kier alpha value is 0.710. The highest BCUT2D eigenvalue weighted by Crippen LogP contribution is 2.33. The second-order valence-corrected chi connectivity index (χ2v) is 4.20. The van der Waals surface area contributed by atoms with E-state index in [1.165, 1.54) is 0 Å². The van der Waals surface area contributed by atoms with Gasteiger partial charge in [-0.1, -0.05) is 15.9 Å². The lowest BCUT2D eigenvalue weighted by molar-refractivity contribution is 0.374. The summed E-state index contributed by atoms with van der Waals surface area (Å²) in [5, 5.41) is 0.836. The Morgan fingerprint density at radius 1 is 1.11 bits per heavy atom. The van der Waals surface area contributed by atoms with E-state index in [1.54, 1.807) is 0 Å². The van der Waals surface area contributed by atoms with Gasteiger partial charge in [0.05, 0.1) is 10.9 Å². The maximum Gasteiger partial charge on any atom is 0.0810 e. The van der Waals surface area contributed by atoms with Gasteiger partial charge in [-0.2, -0.15) is 0 Å². The molecule has 0 aliphatic heterocycles. The molecule has 58 valence electrons. The van der Waals surface area contributed by atoms with Crippen molar-refractivity contribution in [2.24, 2.45) is 0 Å². The largest absolute Gasteiger partial charge is 0.308 e. The van der Waals surface area contributed by atoms with Gasteiger partial charge in [0, 0.05) is 11.1 Å².